The molecule has 0 aromatic carbocycles. The number of pyridine rings is 1. The van der Waals surface area contributed by atoms with E-state index in [1.165, 1.54) is 0 Å². The van der Waals surface area contributed by atoms with E-state index in [2.05, 4.69) is 30.5 Å². The molecule has 0 amide bonds. The first-order chi connectivity index (χ1) is 14.7. The number of anilines is 1. The maximum absolute atomic E-state index is 8.89. The van der Waals surface area contributed by atoms with Gasteiger partial charge in [-0.25, -0.2) is 4.98 Å². The third-order valence-corrected chi connectivity index (χ3v) is 5.77. The molecule has 0 bridgehead atoms. The molecule has 0 spiro atoms. The molecule has 30 heavy (non-hydrogen) atoms. The van der Waals surface area contributed by atoms with Crippen molar-refractivity contribution in [2.45, 2.75) is 44.8 Å². The number of aromatic amines is 1. The van der Waals surface area contributed by atoms with Gasteiger partial charge in [0.15, 0.2) is 5.65 Å². The highest BCUT2D eigenvalue weighted by molar-refractivity contribution is 5.93. The Bertz CT molecular complexity index is 1160. The van der Waals surface area contributed by atoms with E-state index in [4.69, 9.17) is 9.84 Å². The van der Waals surface area contributed by atoms with Crippen molar-refractivity contribution in [2.24, 2.45) is 0 Å². The second-order valence-electron chi connectivity index (χ2n) is 7.76. The van der Waals surface area contributed by atoms with Crippen molar-refractivity contribution in [1.29, 1.82) is 0 Å². The van der Waals surface area contributed by atoms with Crippen LogP contribution in [0.3, 0.4) is 0 Å². The van der Waals surface area contributed by atoms with Crippen molar-refractivity contribution in [1.82, 2.24) is 29.5 Å². The van der Waals surface area contributed by atoms with Crippen LogP contribution in [0.15, 0.2) is 30.7 Å². The van der Waals surface area contributed by atoms with Gasteiger partial charge in [-0.3, -0.25) is 4.40 Å². The second-order valence-corrected chi connectivity index (χ2v) is 7.76. The fourth-order valence-corrected chi connectivity index (χ4v) is 4.16. The summed E-state index contributed by atoms with van der Waals surface area (Å²) < 4.78 is 7.62. The number of aryl methyl sites for hydroxylation is 1. The molecule has 1 aliphatic carbocycles. The molecular formula is C21H25N7O2. The van der Waals surface area contributed by atoms with Gasteiger partial charge in [0, 0.05) is 41.1 Å². The number of H-pyrrole nitrogens is 1. The van der Waals surface area contributed by atoms with E-state index in [-0.39, 0.29) is 12.7 Å². The van der Waals surface area contributed by atoms with Crippen molar-refractivity contribution in [3.63, 3.8) is 0 Å². The van der Waals surface area contributed by atoms with Crippen LogP contribution >= 0.6 is 0 Å². The SMILES string of the molecule is Cc1nnc2ccc(-c3c[nH]c4nc(NC5CCC(OCCO)CC5)ncc34)cn12. The van der Waals surface area contributed by atoms with E-state index < -0.39 is 0 Å². The topological polar surface area (TPSA) is 113 Å². The van der Waals surface area contributed by atoms with E-state index >= 15 is 0 Å². The highest BCUT2D eigenvalue weighted by Crippen LogP contribution is 2.29. The first-order valence-corrected chi connectivity index (χ1v) is 10.4. The van der Waals surface area contributed by atoms with Gasteiger partial charge in [-0.15, -0.1) is 10.2 Å². The van der Waals surface area contributed by atoms with Gasteiger partial charge in [-0.1, -0.05) is 0 Å². The molecule has 1 saturated carbocycles. The van der Waals surface area contributed by atoms with E-state index in [0.29, 0.717) is 18.6 Å². The molecule has 4 aromatic heterocycles. The minimum absolute atomic E-state index is 0.0802. The molecule has 0 atom stereocenters. The van der Waals surface area contributed by atoms with Crippen molar-refractivity contribution >= 4 is 22.6 Å². The summed E-state index contributed by atoms with van der Waals surface area (Å²) >= 11 is 0. The van der Waals surface area contributed by atoms with Crippen LogP contribution in [0.1, 0.15) is 31.5 Å². The number of aliphatic hydroxyl groups is 1. The van der Waals surface area contributed by atoms with Gasteiger partial charge in [0.05, 0.1) is 19.3 Å². The summed E-state index contributed by atoms with van der Waals surface area (Å²) in [6, 6.07) is 4.34. The normalized spacial score (nSPS) is 19.5. The summed E-state index contributed by atoms with van der Waals surface area (Å²) in [4.78, 5) is 12.5. The number of fused-ring (bicyclic) bond motifs is 2. The van der Waals surface area contributed by atoms with Crippen molar-refractivity contribution < 1.29 is 9.84 Å². The molecule has 3 N–H and O–H groups in total. The van der Waals surface area contributed by atoms with Gasteiger partial charge in [0.25, 0.3) is 0 Å². The molecule has 0 saturated heterocycles. The standard InChI is InChI=1S/C21H25N7O2/c1-13-26-27-19-7-2-14(12-28(13)19)17-10-22-20-18(17)11-23-21(25-20)24-15-3-5-16(6-4-15)30-9-8-29/h2,7,10-12,15-16,29H,3-6,8-9H2,1H3,(H2,22,23,24,25). The smallest absolute Gasteiger partial charge is 0.224 e. The Morgan fingerprint density at radius 3 is 2.93 bits per heavy atom. The molecule has 1 fully saturated rings. The minimum Gasteiger partial charge on any atom is -0.394 e. The number of nitrogens with one attached hydrogen (secondary N) is 2. The quantitative estimate of drug-likeness (QED) is 0.450. The van der Waals surface area contributed by atoms with Crippen LogP contribution in [0.4, 0.5) is 5.95 Å². The van der Waals surface area contributed by atoms with Crippen LogP contribution in [0.2, 0.25) is 0 Å². The molecular weight excluding hydrogens is 382 g/mol. The molecule has 5 rings (SSSR count). The Morgan fingerprint density at radius 1 is 1.23 bits per heavy atom. The Labute approximate surface area is 173 Å². The molecule has 0 aliphatic heterocycles. The lowest BCUT2D eigenvalue weighted by Crippen LogP contribution is -2.30. The minimum atomic E-state index is 0.0802. The predicted molar refractivity (Wildman–Crippen MR) is 113 cm³/mol. The Morgan fingerprint density at radius 2 is 2.10 bits per heavy atom. The number of nitrogens with zero attached hydrogens (tertiary/aromatic N) is 5. The van der Waals surface area contributed by atoms with Gasteiger partial charge in [0.2, 0.25) is 5.95 Å². The fraction of sp³-hybridized carbons (Fsp3) is 0.429. The summed E-state index contributed by atoms with van der Waals surface area (Å²) in [5.41, 5.74) is 3.74. The average molecular weight is 407 g/mol. The predicted octanol–water partition coefficient (Wildman–Crippen LogP) is 2.71. The maximum atomic E-state index is 8.89. The monoisotopic (exact) mass is 407 g/mol. The van der Waals surface area contributed by atoms with E-state index in [0.717, 1.165) is 59.3 Å². The van der Waals surface area contributed by atoms with Crippen molar-refractivity contribution in [2.75, 3.05) is 18.5 Å². The van der Waals surface area contributed by atoms with Crippen LogP contribution < -0.4 is 5.32 Å². The molecule has 4 aromatic rings. The lowest BCUT2D eigenvalue weighted by atomic mass is 9.93. The summed E-state index contributed by atoms with van der Waals surface area (Å²) in [7, 11) is 0. The molecule has 1 aliphatic rings. The van der Waals surface area contributed by atoms with Gasteiger partial charge in [-0.2, -0.15) is 4.98 Å². The van der Waals surface area contributed by atoms with Crippen LogP contribution in [0.25, 0.3) is 27.8 Å². The highest BCUT2D eigenvalue weighted by atomic mass is 16.5. The van der Waals surface area contributed by atoms with Gasteiger partial charge in [0.1, 0.15) is 11.5 Å². The zero-order chi connectivity index (χ0) is 20.5. The zero-order valence-corrected chi connectivity index (χ0v) is 16.9. The number of hydrogen-bond donors (Lipinski definition) is 3. The number of hydrogen-bond acceptors (Lipinski definition) is 7. The zero-order valence-electron chi connectivity index (χ0n) is 16.9. The lowest BCUT2D eigenvalue weighted by molar-refractivity contribution is 0.00719. The summed E-state index contributed by atoms with van der Waals surface area (Å²) in [6.07, 6.45) is 10.1. The number of ether oxygens (including phenoxy) is 1. The summed E-state index contributed by atoms with van der Waals surface area (Å²) in [5, 5.41) is 21.6. The number of rotatable bonds is 6. The van der Waals surface area contributed by atoms with Gasteiger partial charge in [-0.05, 0) is 44.7 Å². The fourth-order valence-electron chi connectivity index (χ4n) is 4.16. The van der Waals surface area contributed by atoms with Crippen LogP contribution in [0, 0.1) is 6.92 Å². The van der Waals surface area contributed by atoms with Crippen molar-refractivity contribution in [3.05, 3.63) is 36.5 Å². The molecule has 156 valence electrons. The first-order valence-electron chi connectivity index (χ1n) is 10.4. The van der Waals surface area contributed by atoms with Gasteiger partial charge >= 0.3 is 0 Å². The van der Waals surface area contributed by atoms with Crippen LogP contribution in [-0.2, 0) is 4.74 Å². The first kappa shape index (κ1) is 19.0. The average Bonchev–Trinajstić information content (AvgIpc) is 3.36. The van der Waals surface area contributed by atoms with E-state index in [9.17, 15) is 0 Å². The van der Waals surface area contributed by atoms with E-state index in [1.54, 1.807) is 0 Å². The third-order valence-electron chi connectivity index (χ3n) is 5.77. The van der Waals surface area contributed by atoms with Crippen LogP contribution in [-0.4, -0.2) is 60.0 Å². The lowest BCUT2D eigenvalue weighted by Gasteiger charge is -2.28. The molecule has 4 heterocycles. The van der Waals surface area contributed by atoms with Crippen molar-refractivity contribution in [3.8, 4) is 11.1 Å². The van der Waals surface area contributed by atoms with E-state index in [1.807, 2.05) is 42.0 Å². The summed E-state index contributed by atoms with van der Waals surface area (Å²) in [5.74, 6) is 1.49. The molecule has 0 radical (unpaired) electrons. The molecule has 0 unspecified atom stereocenters. The van der Waals surface area contributed by atoms with Gasteiger partial charge < -0.3 is 20.1 Å². The Balaban J connectivity index is 1.32. The number of aliphatic hydroxyl groups excluding tert-OH is 1. The Kier molecular flexibility index (Phi) is 5.06. The molecule has 9 heteroatoms. The van der Waals surface area contributed by atoms with Crippen LogP contribution in [0.5, 0.6) is 0 Å². The second kappa shape index (κ2) is 8.00. The number of aromatic nitrogens is 6. The molecule has 9 nitrogen and oxygen atoms in total. The largest absolute Gasteiger partial charge is 0.394 e. The Hall–Kier alpha value is -3.04. The maximum Gasteiger partial charge on any atom is 0.224 e. The third kappa shape index (κ3) is 3.61. The highest BCUT2D eigenvalue weighted by Gasteiger charge is 2.22. The summed E-state index contributed by atoms with van der Waals surface area (Å²) in [6.45, 7) is 2.44.